The van der Waals surface area contributed by atoms with Crippen LogP contribution in [0.25, 0.3) is 11.0 Å². The van der Waals surface area contributed by atoms with Crippen LogP contribution >= 0.6 is 0 Å². The zero-order chi connectivity index (χ0) is 14.8. The number of likely N-dealkylation sites (N-methyl/N-ethyl adjacent to an activating group) is 1. The molecule has 2 unspecified atom stereocenters. The molecule has 0 spiro atoms. The zero-order valence-corrected chi connectivity index (χ0v) is 12.6. The lowest BCUT2D eigenvalue weighted by Gasteiger charge is -2.26. The average Bonchev–Trinajstić information content (AvgIpc) is 3.22. The predicted molar refractivity (Wildman–Crippen MR) is 80.7 cm³/mol. The van der Waals surface area contributed by atoms with E-state index in [0.717, 1.165) is 23.3 Å². The fourth-order valence-electron chi connectivity index (χ4n) is 2.91. The van der Waals surface area contributed by atoms with Gasteiger partial charge in [0.05, 0.1) is 12.1 Å². The van der Waals surface area contributed by atoms with Gasteiger partial charge in [0.2, 0.25) is 0 Å². The number of hydrogen-bond acceptors (Lipinski definition) is 3. The molecule has 1 N–H and O–H groups in total. The topological polar surface area (TPSA) is 34.4 Å². The molecule has 1 aromatic heterocycles. The summed E-state index contributed by atoms with van der Waals surface area (Å²) in [6.45, 7) is 5.63. The maximum absolute atomic E-state index is 13.3. The number of benzene rings is 1. The third-order valence-corrected chi connectivity index (χ3v) is 4.00. The Morgan fingerprint density at radius 2 is 2.14 bits per heavy atom. The van der Waals surface area contributed by atoms with Crippen molar-refractivity contribution < 1.29 is 13.5 Å². The normalized spacial score (nSPS) is 18.0. The molecule has 0 aliphatic heterocycles. The van der Waals surface area contributed by atoms with Gasteiger partial charge in [0.25, 0.3) is 0 Å². The molecule has 0 radical (unpaired) electrons. The Bertz CT molecular complexity index is 606. The van der Waals surface area contributed by atoms with Crippen molar-refractivity contribution in [2.75, 3.05) is 13.2 Å². The number of ether oxygens (including phenoxy) is 1. The van der Waals surface area contributed by atoms with Crippen LogP contribution in [-0.2, 0) is 4.74 Å². The van der Waals surface area contributed by atoms with Crippen LogP contribution in [-0.4, -0.2) is 19.3 Å². The lowest BCUT2D eigenvalue weighted by atomic mass is 10.0. The van der Waals surface area contributed by atoms with E-state index < -0.39 is 0 Å². The summed E-state index contributed by atoms with van der Waals surface area (Å²) in [5.41, 5.74) is 0.723. The summed E-state index contributed by atoms with van der Waals surface area (Å²) in [6.07, 6.45) is 2.54. The van der Waals surface area contributed by atoms with Gasteiger partial charge in [0.15, 0.2) is 0 Å². The number of nitrogens with one attached hydrogen (secondary N) is 1. The van der Waals surface area contributed by atoms with Crippen molar-refractivity contribution in [3.05, 3.63) is 35.8 Å². The summed E-state index contributed by atoms with van der Waals surface area (Å²) in [6, 6.07) is 6.58. The Hall–Kier alpha value is -1.39. The first-order valence-electron chi connectivity index (χ1n) is 7.77. The molecule has 0 saturated heterocycles. The van der Waals surface area contributed by atoms with Crippen molar-refractivity contribution in [1.29, 1.82) is 0 Å². The van der Waals surface area contributed by atoms with Crippen LogP contribution in [0.1, 0.15) is 38.5 Å². The molecule has 0 bridgehead atoms. The molecule has 0 amide bonds. The minimum Gasteiger partial charge on any atom is -0.459 e. The molecule has 114 valence electrons. The molecule has 1 heterocycles. The zero-order valence-electron chi connectivity index (χ0n) is 12.6. The minimum atomic E-state index is -0.238. The molecular formula is C17H22FNO2. The van der Waals surface area contributed by atoms with E-state index in [2.05, 4.69) is 12.2 Å². The highest BCUT2D eigenvalue weighted by molar-refractivity contribution is 5.78. The van der Waals surface area contributed by atoms with Crippen molar-refractivity contribution in [2.45, 2.75) is 38.8 Å². The van der Waals surface area contributed by atoms with Crippen molar-refractivity contribution >= 4 is 11.0 Å². The first-order valence-corrected chi connectivity index (χ1v) is 7.77. The van der Waals surface area contributed by atoms with Gasteiger partial charge in [0.1, 0.15) is 17.2 Å². The minimum absolute atomic E-state index is 0.0258. The summed E-state index contributed by atoms with van der Waals surface area (Å²) < 4.78 is 25.2. The van der Waals surface area contributed by atoms with Crippen LogP contribution in [0.2, 0.25) is 0 Å². The van der Waals surface area contributed by atoms with Gasteiger partial charge in [-0.3, -0.25) is 0 Å². The van der Waals surface area contributed by atoms with Gasteiger partial charge < -0.3 is 14.5 Å². The van der Waals surface area contributed by atoms with Gasteiger partial charge in [-0.2, -0.15) is 0 Å². The van der Waals surface area contributed by atoms with E-state index in [-0.39, 0.29) is 18.0 Å². The van der Waals surface area contributed by atoms with Crippen LogP contribution in [0.4, 0.5) is 4.39 Å². The number of hydrogen-bond donors (Lipinski definition) is 1. The molecule has 21 heavy (non-hydrogen) atoms. The predicted octanol–water partition coefficient (Wildman–Crippen LogP) is 4.04. The van der Waals surface area contributed by atoms with Crippen LogP contribution in [0.5, 0.6) is 0 Å². The van der Waals surface area contributed by atoms with E-state index in [9.17, 15) is 4.39 Å². The van der Waals surface area contributed by atoms with E-state index in [1.54, 1.807) is 6.07 Å². The van der Waals surface area contributed by atoms with E-state index >= 15 is 0 Å². The summed E-state index contributed by atoms with van der Waals surface area (Å²) in [5.74, 6) is 1.19. The quantitative estimate of drug-likeness (QED) is 0.836. The number of rotatable bonds is 7. The molecule has 3 rings (SSSR count). The summed E-state index contributed by atoms with van der Waals surface area (Å²) in [7, 11) is 0. The Balaban J connectivity index is 1.93. The van der Waals surface area contributed by atoms with E-state index in [0.29, 0.717) is 12.5 Å². The van der Waals surface area contributed by atoms with Gasteiger partial charge in [-0.15, -0.1) is 0 Å². The first-order chi connectivity index (χ1) is 10.2. The number of furan rings is 1. The molecule has 2 atom stereocenters. The molecule has 1 aliphatic carbocycles. The largest absolute Gasteiger partial charge is 0.459 e. The lowest BCUT2D eigenvalue weighted by molar-refractivity contribution is 0.0140. The highest BCUT2D eigenvalue weighted by Gasteiger charge is 2.39. The monoisotopic (exact) mass is 291 g/mol. The van der Waals surface area contributed by atoms with Gasteiger partial charge in [-0.05, 0) is 56.5 Å². The number of fused-ring (bicyclic) bond motifs is 1. The average molecular weight is 291 g/mol. The smallest absolute Gasteiger partial charge is 0.134 e. The molecule has 1 aromatic carbocycles. The van der Waals surface area contributed by atoms with E-state index in [1.807, 2.05) is 13.0 Å². The summed E-state index contributed by atoms with van der Waals surface area (Å²) in [4.78, 5) is 0. The molecule has 1 aliphatic rings. The van der Waals surface area contributed by atoms with Crippen LogP contribution < -0.4 is 5.32 Å². The maximum Gasteiger partial charge on any atom is 0.134 e. The van der Waals surface area contributed by atoms with Crippen LogP contribution in [0.15, 0.2) is 28.7 Å². The summed E-state index contributed by atoms with van der Waals surface area (Å²) >= 11 is 0. The van der Waals surface area contributed by atoms with Gasteiger partial charge in [-0.25, -0.2) is 4.39 Å². The Morgan fingerprint density at radius 3 is 2.81 bits per heavy atom. The van der Waals surface area contributed by atoms with Crippen molar-refractivity contribution in [2.24, 2.45) is 5.92 Å². The van der Waals surface area contributed by atoms with Crippen LogP contribution in [0, 0.1) is 11.7 Å². The molecule has 1 fully saturated rings. The Morgan fingerprint density at radius 1 is 1.33 bits per heavy atom. The third-order valence-electron chi connectivity index (χ3n) is 4.00. The van der Waals surface area contributed by atoms with Crippen molar-refractivity contribution in [3.8, 4) is 0 Å². The van der Waals surface area contributed by atoms with Gasteiger partial charge in [0, 0.05) is 12.0 Å². The second-order valence-electron chi connectivity index (χ2n) is 5.62. The highest BCUT2D eigenvalue weighted by Crippen LogP contribution is 2.41. The molecular weight excluding hydrogens is 269 g/mol. The number of halogens is 1. The molecule has 3 nitrogen and oxygen atoms in total. The van der Waals surface area contributed by atoms with Crippen LogP contribution in [0.3, 0.4) is 0 Å². The van der Waals surface area contributed by atoms with Crippen molar-refractivity contribution in [1.82, 2.24) is 5.32 Å². The standard InChI is InChI=1S/C17H22FNO2/c1-3-19-16(17(20-4-2)11-5-6-11)15-10-12-9-13(18)7-8-14(12)21-15/h7-11,16-17,19H,3-6H2,1-2H3. The SMILES string of the molecule is CCNC(c1cc2cc(F)ccc2o1)C(OCC)C1CC1. The molecule has 2 aromatic rings. The highest BCUT2D eigenvalue weighted by atomic mass is 19.1. The molecule has 4 heteroatoms. The fourth-order valence-corrected chi connectivity index (χ4v) is 2.91. The van der Waals surface area contributed by atoms with Gasteiger partial charge >= 0.3 is 0 Å². The Labute approximate surface area is 124 Å². The van der Waals surface area contributed by atoms with Crippen molar-refractivity contribution in [3.63, 3.8) is 0 Å². The summed E-state index contributed by atoms with van der Waals surface area (Å²) in [5, 5.41) is 4.27. The maximum atomic E-state index is 13.3. The lowest BCUT2D eigenvalue weighted by Crippen LogP contribution is -2.35. The second kappa shape index (κ2) is 6.16. The second-order valence-corrected chi connectivity index (χ2v) is 5.62. The fraction of sp³-hybridized carbons (Fsp3) is 0.529. The van der Waals surface area contributed by atoms with E-state index in [4.69, 9.17) is 9.15 Å². The Kier molecular flexibility index (Phi) is 4.27. The third kappa shape index (κ3) is 3.11. The van der Waals surface area contributed by atoms with E-state index in [1.165, 1.54) is 25.0 Å². The van der Waals surface area contributed by atoms with Gasteiger partial charge in [-0.1, -0.05) is 6.92 Å². The molecule has 1 saturated carbocycles. The first kappa shape index (κ1) is 14.5.